The van der Waals surface area contributed by atoms with Gasteiger partial charge in [-0.25, -0.2) is 4.98 Å². The van der Waals surface area contributed by atoms with Crippen LogP contribution in [-0.2, 0) is 13.1 Å². The van der Waals surface area contributed by atoms with Crippen molar-refractivity contribution in [2.45, 2.75) is 13.1 Å². The fourth-order valence-corrected chi connectivity index (χ4v) is 2.46. The second-order valence-electron chi connectivity index (χ2n) is 3.94. The van der Waals surface area contributed by atoms with Crippen molar-refractivity contribution in [3.63, 3.8) is 0 Å². The summed E-state index contributed by atoms with van der Waals surface area (Å²) in [6.45, 7) is 1.28. The summed E-state index contributed by atoms with van der Waals surface area (Å²) in [4.78, 5) is 8.53. The Labute approximate surface area is 114 Å². The lowest BCUT2D eigenvalue weighted by Gasteiger charge is -1.97. The number of hydrogen-bond acceptors (Lipinski definition) is 6. The molecule has 0 unspecified atom stereocenters. The number of aromatic nitrogens is 3. The molecule has 19 heavy (non-hydrogen) atoms. The van der Waals surface area contributed by atoms with Gasteiger partial charge in [-0.2, -0.15) is 4.98 Å². The van der Waals surface area contributed by atoms with Crippen LogP contribution in [0.2, 0.25) is 0 Å². The summed E-state index contributed by atoms with van der Waals surface area (Å²) in [7, 11) is 0. The molecular weight excluding hydrogens is 260 g/mol. The Morgan fingerprint density at radius 3 is 2.84 bits per heavy atom. The lowest BCUT2D eigenvalue weighted by Crippen LogP contribution is -2.13. The summed E-state index contributed by atoms with van der Waals surface area (Å²) in [5, 5.41) is 10.1. The first kappa shape index (κ1) is 12.0. The van der Waals surface area contributed by atoms with Gasteiger partial charge < -0.3 is 9.84 Å². The van der Waals surface area contributed by atoms with Crippen LogP contribution in [0, 0.1) is 0 Å². The maximum Gasteiger partial charge on any atom is 0.213 e. The average molecular weight is 272 g/mol. The van der Waals surface area contributed by atoms with Gasteiger partial charge in [0.05, 0.1) is 12.2 Å². The molecule has 0 radical (unpaired) electrons. The van der Waals surface area contributed by atoms with Gasteiger partial charge >= 0.3 is 0 Å². The van der Waals surface area contributed by atoms with E-state index in [-0.39, 0.29) is 0 Å². The van der Waals surface area contributed by atoms with Crippen molar-refractivity contribution >= 4 is 11.3 Å². The third-order valence-electron chi connectivity index (χ3n) is 2.59. The van der Waals surface area contributed by atoms with Gasteiger partial charge in [-0.1, -0.05) is 35.5 Å². The monoisotopic (exact) mass is 272 g/mol. The number of benzene rings is 1. The van der Waals surface area contributed by atoms with Gasteiger partial charge in [0.2, 0.25) is 6.39 Å². The molecule has 6 heteroatoms. The molecule has 0 atom stereocenters. The van der Waals surface area contributed by atoms with Crippen molar-refractivity contribution < 1.29 is 4.52 Å². The topological polar surface area (TPSA) is 63.8 Å². The van der Waals surface area contributed by atoms with E-state index in [1.807, 2.05) is 18.2 Å². The molecule has 0 saturated heterocycles. The molecule has 2 aromatic heterocycles. The van der Waals surface area contributed by atoms with E-state index >= 15 is 0 Å². The molecule has 0 aliphatic carbocycles. The molecule has 0 saturated carbocycles. The molecule has 0 aliphatic heterocycles. The number of thiazole rings is 1. The minimum Gasteiger partial charge on any atom is -0.343 e. The van der Waals surface area contributed by atoms with E-state index in [4.69, 9.17) is 0 Å². The fourth-order valence-electron chi connectivity index (χ4n) is 1.69. The normalized spacial score (nSPS) is 10.7. The number of nitrogens with one attached hydrogen (secondary N) is 1. The van der Waals surface area contributed by atoms with Crippen LogP contribution < -0.4 is 5.32 Å². The Balaban J connectivity index is 1.59. The van der Waals surface area contributed by atoms with Crippen LogP contribution in [0.4, 0.5) is 0 Å². The molecule has 0 aliphatic rings. The third-order valence-corrected chi connectivity index (χ3v) is 3.44. The highest BCUT2D eigenvalue weighted by Gasteiger charge is 2.04. The molecule has 2 heterocycles. The van der Waals surface area contributed by atoms with Gasteiger partial charge in [-0.3, -0.25) is 0 Å². The first-order valence-corrected chi connectivity index (χ1v) is 6.75. The van der Waals surface area contributed by atoms with E-state index in [1.165, 1.54) is 6.39 Å². The number of rotatable bonds is 5. The zero-order valence-electron chi connectivity index (χ0n) is 10.1. The molecule has 1 aromatic carbocycles. The second kappa shape index (κ2) is 5.73. The Kier molecular flexibility index (Phi) is 3.62. The van der Waals surface area contributed by atoms with E-state index < -0.39 is 0 Å². The maximum atomic E-state index is 4.67. The molecule has 0 spiro atoms. The standard InChI is InChI=1S/C13H12N4OS/c1-2-4-10(5-3-1)11-8-19-13(16-11)7-14-6-12-15-9-18-17-12/h1-5,8-9,14H,6-7H2. The van der Waals surface area contributed by atoms with Gasteiger partial charge in [-0.15, -0.1) is 11.3 Å². The van der Waals surface area contributed by atoms with E-state index in [2.05, 4.69) is 42.5 Å². The zero-order chi connectivity index (χ0) is 12.9. The zero-order valence-corrected chi connectivity index (χ0v) is 10.9. The second-order valence-corrected chi connectivity index (χ2v) is 4.89. The Morgan fingerprint density at radius 1 is 1.16 bits per heavy atom. The third kappa shape index (κ3) is 3.04. The summed E-state index contributed by atoms with van der Waals surface area (Å²) in [5.41, 5.74) is 2.16. The van der Waals surface area contributed by atoms with E-state index in [9.17, 15) is 0 Å². The SMILES string of the molecule is c1ccc(-c2csc(CNCc3ncon3)n2)cc1. The quantitative estimate of drug-likeness (QED) is 0.773. The molecular formula is C13H12N4OS. The first-order chi connectivity index (χ1) is 9.42. The van der Waals surface area contributed by atoms with Crippen molar-refractivity contribution in [1.82, 2.24) is 20.4 Å². The van der Waals surface area contributed by atoms with Crippen molar-refractivity contribution in [1.29, 1.82) is 0 Å². The molecule has 0 fully saturated rings. The summed E-state index contributed by atoms with van der Waals surface area (Å²) in [6.07, 6.45) is 1.33. The fraction of sp³-hybridized carbons (Fsp3) is 0.154. The number of hydrogen-bond donors (Lipinski definition) is 1. The van der Waals surface area contributed by atoms with Gasteiger partial charge in [0.15, 0.2) is 5.82 Å². The molecule has 0 bridgehead atoms. The van der Waals surface area contributed by atoms with Crippen molar-refractivity contribution in [2.24, 2.45) is 0 Å². The summed E-state index contributed by atoms with van der Waals surface area (Å²) in [6, 6.07) is 10.2. The van der Waals surface area contributed by atoms with Gasteiger partial charge in [0, 0.05) is 17.5 Å². The predicted octanol–water partition coefficient (Wildman–Crippen LogP) is 2.48. The Bertz CT molecular complexity index is 621. The molecule has 3 aromatic rings. The van der Waals surface area contributed by atoms with Crippen LogP contribution in [0.3, 0.4) is 0 Å². The van der Waals surface area contributed by atoms with E-state index in [0.717, 1.165) is 16.3 Å². The van der Waals surface area contributed by atoms with Crippen LogP contribution in [0.15, 0.2) is 46.6 Å². The predicted molar refractivity (Wildman–Crippen MR) is 72.4 cm³/mol. The van der Waals surface area contributed by atoms with E-state index in [1.54, 1.807) is 11.3 Å². The van der Waals surface area contributed by atoms with Crippen LogP contribution in [-0.4, -0.2) is 15.1 Å². The van der Waals surface area contributed by atoms with Crippen molar-refractivity contribution in [3.05, 3.63) is 52.9 Å². The van der Waals surface area contributed by atoms with Crippen LogP contribution in [0.5, 0.6) is 0 Å². The van der Waals surface area contributed by atoms with Crippen molar-refractivity contribution in [3.8, 4) is 11.3 Å². The number of nitrogens with zero attached hydrogens (tertiary/aromatic N) is 3. The van der Waals surface area contributed by atoms with E-state index in [0.29, 0.717) is 18.9 Å². The largest absolute Gasteiger partial charge is 0.343 e. The van der Waals surface area contributed by atoms with Crippen LogP contribution in [0.25, 0.3) is 11.3 Å². The minimum atomic E-state index is 0.580. The lowest BCUT2D eigenvalue weighted by molar-refractivity contribution is 0.407. The molecule has 0 amide bonds. The van der Waals surface area contributed by atoms with Crippen LogP contribution in [0.1, 0.15) is 10.8 Å². The first-order valence-electron chi connectivity index (χ1n) is 5.87. The molecule has 1 N–H and O–H groups in total. The van der Waals surface area contributed by atoms with Crippen molar-refractivity contribution in [2.75, 3.05) is 0 Å². The highest BCUT2D eigenvalue weighted by atomic mass is 32.1. The summed E-state index contributed by atoms with van der Waals surface area (Å²) in [5.74, 6) is 0.653. The highest BCUT2D eigenvalue weighted by molar-refractivity contribution is 7.09. The lowest BCUT2D eigenvalue weighted by atomic mass is 10.2. The summed E-state index contributed by atoms with van der Waals surface area (Å²) >= 11 is 1.64. The molecule has 3 rings (SSSR count). The van der Waals surface area contributed by atoms with Crippen LogP contribution >= 0.6 is 11.3 Å². The molecule has 5 nitrogen and oxygen atoms in total. The maximum absolute atomic E-state index is 4.67. The van der Waals surface area contributed by atoms with Gasteiger partial charge in [0.1, 0.15) is 5.01 Å². The van der Waals surface area contributed by atoms with Gasteiger partial charge in [-0.05, 0) is 0 Å². The highest BCUT2D eigenvalue weighted by Crippen LogP contribution is 2.21. The summed E-state index contributed by atoms with van der Waals surface area (Å²) < 4.78 is 4.67. The average Bonchev–Trinajstić information content (AvgIpc) is 3.11. The Hall–Kier alpha value is -2.05. The van der Waals surface area contributed by atoms with Gasteiger partial charge in [0.25, 0.3) is 0 Å². The molecule has 96 valence electrons. The minimum absolute atomic E-state index is 0.580. The Morgan fingerprint density at radius 2 is 2.05 bits per heavy atom. The smallest absolute Gasteiger partial charge is 0.213 e.